The average molecular weight is 367 g/mol. The number of halogens is 2. The summed E-state index contributed by atoms with van der Waals surface area (Å²) in [6.07, 6.45) is 1.44. The van der Waals surface area contributed by atoms with Crippen LogP contribution in [0.4, 0.5) is 16.2 Å². The zero-order valence-corrected chi connectivity index (χ0v) is 14.2. The number of nitrogens with one attached hydrogen (secondary N) is 3. The number of carbonyl (C=O) groups excluding carboxylic acids is 1. The third kappa shape index (κ3) is 4.36. The van der Waals surface area contributed by atoms with Crippen molar-refractivity contribution in [1.82, 2.24) is 10.3 Å². The molecule has 1 fully saturated rings. The third-order valence-electron chi connectivity index (χ3n) is 3.53. The summed E-state index contributed by atoms with van der Waals surface area (Å²) < 4.78 is 5.69. The number of rotatable bonds is 3. The molecule has 0 bridgehead atoms. The molecule has 1 aliphatic rings. The molecule has 0 aliphatic carbocycles. The molecule has 2 amide bonds. The van der Waals surface area contributed by atoms with E-state index in [2.05, 4.69) is 20.9 Å². The number of hydrogen-bond donors (Lipinski definition) is 3. The summed E-state index contributed by atoms with van der Waals surface area (Å²) >= 11 is 12.0. The summed E-state index contributed by atoms with van der Waals surface area (Å²) in [5, 5.41) is 9.44. The van der Waals surface area contributed by atoms with Crippen LogP contribution in [0.15, 0.2) is 36.5 Å². The second kappa shape index (κ2) is 7.81. The summed E-state index contributed by atoms with van der Waals surface area (Å²) in [7, 11) is 0. The standard InChI is InChI=1S/C16H16Cl2N4O2/c17-12-7-10(14-9-19-5-6-24-14)1-3-13(12)22-16(23)21-11-2-4-15(18)20-8-11/h1-4,7-8,14,19H,5-6,9H2,(H2,21,22,23)/t14-/m1/s1. The van der Waals surface area contributed by atoms with Crippen LogP contribution < -0.4 is 16.0 Å². The summed E-state index contributed by atoms with van der Waals surface area (Å²) in [6.45, 7) is 2.26. The zero-order chi connectivity index (χ0) is 16.9. The van der Waals surface area contributed by atoms with Crippen LogP contribution >= 0.6 is 23.2 Å². The summed E-state index contributed by atoms with van der Waals surface area (Å²) in [6, 6.07) is 8.30. The SMILES string of the molecule is O=C(Nc1ccc(Cl)nc1)Nc1ccc([C@H]2CNCCO2)cc1Cl. The van der Waals surface area contributed by atoms with Crippen LogP contribution in [0.25, 0.3) is 0 Å². The number of anilines is 2. The minimum atomic E-state index is -0.413. The van der Waals surface area contributed by atoms with Crippen molar-refractivity contribution in [3.05, 3.63) is 52.3 Å². The average Bonchev–Trinajstić information content (AvgIpc) is 2.59. The number of carbonyl (C=O) groups is 1. The van der Waals surface area contributed by atoms with Crippen molar-refractivity contribution in [2.75, 3.05) is 30.3 Å². The Morgan fingerprint density at radius 1 is 1.25 bits per heavy atom. The minimum absolute atomic E-state index is 0.0285. The quantitative estimate of drug-likeness (QED) is 0.724. The highest BCUT2D eigenvalue weighted by molar-refractivity contribution is 6.33. The summed E-state index contributed by atoms with van der Waals surface area (Å²) in [5.74, 6) is 0. The molecule has 6 nitrogen and oxygen atoms in total. The minimum Gasteiger partial charge on any atom is -0.371 e. The maximum Gasteiger partial charge on any atom is 0.323 e. The van der Waals surface area contributed by atoms with Crippen molar-refractivity contribution in [1.29, 1.82) is 0 Å². The first-order chi connectivity index (χ1) is 11.6. The molecule has 126 valence electrons. The lowest BCUT2D eigenvalue weighted by Gasteiger charge is -2.24. The molecular formula is C16H16Cl2N4O2. The molecule has 1 aromatic carbocycles. The van der Waals surface area contributed by atoms with Gasteiger partial charge in [0.2, 0.25) is 0 Å². The molecular weight excluding hydrogens is 351 g/mol. The highest BCUT2D eigenvalue weighted by Gasteiger charge is 2.17. The van der Waals surface area contributed by atoms with E-state index in [9.17, 15) is 4.79 Å². The Morgan fingerprint density at radius 3 is 2.79 bits per heavy atom. The van der Waals surface area contributed by atoms with E-state index < -0.39 is 6.03 Å². The fourth-order valence-corrected chi connectivity index (χ4v) is 2.69. The van der Waals surface area contributed by atoms with Gasteiger partial charge < -0.3 is 20.7 Å². The smallest absolute Gasteiger partial charge is 0.323 e. The van der Waals surface area contributed by atoms with Crippen molar-refractivity contribution >= 4 is 40.6 Å². The molecule has 2 aromatic rings. The van der Waals surface area contributed by atoms with E-state index in [-0.39, 0.29) is 6.10 Å². The van der Waals surface area contributed by atoms with Gasteiger partial charge in [-0.15, -0.1) is 0 Å². The predicted octanol–water partition coefficient (Wildman–Crippen LogP) is 3.69. The lowest BCUT2D eigenvalue weighted by Crippen LogP contribution is -2.33. The largest absolute Gasteiger partial charge is 0.371 e. The third-order valence-corrected chi connectivity index (χ3v) is 4.06. The van der Waals surface area contributed by atoms with Crippen LogP contribution in [-0.2, 0) is 4.74 Å². The van der Waals surface area contributed by atoms with Gasteiger partial charge in [-0.1, -0.05) is 29.3 Å². The maximum absolute atomic E-state index is 12.0. The van der Waals surface area contributed by atoms with Gasteiger partial charge in [-0.2, -0.15) is 0 Å². The Hall–Kier alpha value is -1.86. The van der Waals surface area contributed by atoms with Crippen LogP contribution in [0.1, 0.15) is 11.7 Å². The number of amides is 2. The van der Waals surface area contributed by atoms with E-state index in [0.717, 1.165) is 18.7 Å². The normalized spacial score (nSPS) is 17.3. The molecule has 2 heterocycles. The van der Waals surface area contributed by atoms with E-state index in [0.29, 0.717) is 28.2 Å². The Bertz CT molecular complexity index is 719. The van der Waals surface area contributed by atoms with Gasteiger partial charge >= 0.3 is 6.03 Å². The molecule has 0 spiro atoms. The number of hydrogen-bond acceptors (Lipinski definition) is 4. The van der Waals surface area contributed by atoms with Gasteiger partial charge in [0.25, 0.3) is 0 Å². The van der Waals surface area contributed by atoms with Crippen molar-refractivity contribution in [3.8, 4) is 0 Å². The van der Waals surface area contributed by atoms with Crippen LogP contribution in [-0.4, -0.2) is 30.7 Å². The Kier molecular flexibility index (Phi) is 5.52. The van der Waals surface area contributed by atoms with E-state index in [4.69, 9.17) is 27.9 Å². The van der Waals surface area contributed by atoms with Gasteiger partial charge in [0.15, 0.2) is 0 Å². The van der Waals surface area contributed by atoms with Gasteiger partial charge in [-0.05, 0) is 29.8 Å². The first-order valence-electron chi connectivity index (χ1n) is 7.43. The first kappa shape index (κ1) is 17.0. The second-order valence-electron chi connectivity index (χ2n) is 5.25. The van der Waals surface area contributed by atoms with E-state index in [1.54, 1.807) is 24.3 Å². The lowest BCUT2D eigenvalue weighted by molar-refractivity contribution is 0.0277. The Labute approximate surface area is 149 Å². The van der Waals surface area contributed by atoms with Crippen molar-refractivity contribution < 1.29 is 9.53 Å². The highest BCUT2D eigenvalue weighted by Crippen LogP contribution is 2.28. The number of nitrogens with zero attached hydrogens (tertiary/aromatic N) is 1. The maximum atomic E-state index is 12.0. The molecule has 0 radical (unpaired) electrons. The number of ether oxygens (including phenoxy) is 1. The monoisotopic (exact) mass is 366 g/mol. The van der Waals surface area contributed by atoms with Crippen molar-refractivity contribution in [3.63, 3.8) is 0 Å². The molecule has 8 heteroatoms. The van der Waals surface area contributed by atoms with Crippen LogP contribution in [0.2, 0.25) is 10.2 Å². The zero-order valence-electron chi connectivity index (χ0n) is 12.7. The van der Waals surface area contributed by atoms with E-state index in [1.165, 1.54) is 6.20 Å². The molecule has 0 saturated carbocycles. The Morgan fingerprint density at radius 2 is 2.12 bits per heavy atom. The molecule has 3 rings (SSSR count). The van der Waals surface area contributed by atoms with Crippen molar-refractivity contribution in [2.24, 2.45) is 0 Å². The van der Waals surface area contributed by atoms with Gasteiger partial charge in [-0.25, -0.2) is 9.78 Å². The van der Waals surface area contributed by atoms with E-state index in [1.807, 2.05) is 6.07 Å². The molecule has 1 aliphatic heterocycles. The predicted molar refractivity (Wildman–Crippen MR) is 94.9 cm³/mol. The van der Waals surface area contributed by atoms with Gasteiger partial charge in [0, 0.05) is 13.1 Å². The highest BCUT2D eigenvalue weighted by atomic mass is 35.5. The van der Waals surface area contributed by atoms with Gasteiger partial charge in [-0.3, -0.25) is 0 Å². The summed E-state index contributed by atoms with van der Waals surface area (Å²) in [4.78, 5) is 15.9. The number of benzene rings is 1. The molecule has 1 saturated heterocycles. The van der Waals surface area contributed by atoms with Gasteiger partial charge in [0.1, 0.15) is 5.15 Å². The topological polar surface area (TPSA) is 75.3 Å². The van der Waals surface area contributed by atoms with Crippen LogP contribution in [0.5, 0.6) is 0 Å². The van der Waals surface area contributed by atoms with Crippen molar-refractivity contribution in [2.45, 2.75) is 6.10 Å². The second-order valence-corrected chi connectivity index (χ2v) is 6.05. The van der Waals surface area contributed by atoms with Crippen LogP contribution in [0, 0.1) is 0 Å². The fraction of sp³-hybridized carbons (Fsp3) is 0.250. The Balaban J connectivity index is 1.64. The number of morpholine rings is 1. The first-order valence-corrected chi connectivity index (χ1v) is 8.19. The summed E-state index contributed by atoms with van der Waals surface area (Å²) in [5.41, 5.74) is 2.02. The molecule has 3 N–H and O–H groups in total. The molecule has 0 unspecified atom stereocenters. The molecule has 24 heavy (non-hydrogen) atoms. The van der Waals surface area contributed by atoms with Crippen LogP contribution in [0.3, 0.4) is 0 Å². The number of urea groups is 1. The lowest BCUT2D eigenvalue weighted by atomic mass is 10.1. The van der Waals surface area contributed by atoms with E-state index >= 15 is 0 Å². The molecule has 1 aromatic heterocycles. The number of pyridine rings is 1. The fourth-order valence-electron chi connectivity index (χ4n) is 2.35. The molecule has 1 atom stereocenters. The van der Waals surface area contributed by atoms with Gasteiger partial charge in [0.05, 0.1) is 35.3 Å². The number of aromatic nitrogens is 1.